The van der Waals surface area contributed by atoms with Crippen molar-refractivity contribution >= 4 is 17.7 Å². The van der Waals surface area contributed by atoms with Crippen molar-refractivity contribution in [1.29, 1.82) is 0 Å². The van der Waals surface area contributed by atoms with Crippen LogP contribution in [-0.2, 0) is 17.8 Å². The number of hydrogen-bond donors (Lipinski definition) is 1. The first-order chi connectivity index (χ1) is 13.2. The summed E-state index contributed by atoms with van der Waals surface area (Å²) in [5, 5.41) is 11.1. The zero-order chi connectivity index (χ0) is 18.9. The number of para-hydroxylation sites is 1. The van der Waals surface area contributed by atoms with E-state index in [0.717, 1.165) is 17.7 Å². The van der Waals surface area contributed by atoms with E-state index >= 15 is 0 Å². The SMILES string of the molecule is Cc1ccccc1OCc1nnc(SCC(=O)NCCc2ccccc2)o1. The fraction of sp³-hybridized carbons (Fsp3) is 0.250. The highest BCUT2D eigenvalue weighted by molar-refractivity contribution is 7.99. The summed E-state index contributed by atoms with van der Waals surface area (Å²) in [6.45, 7) is 2.77. The maximum Gasteiger partial charge on any atom is 0.277 e. The molecule has 27 heavy (non-hydrogen) atoms. The van der Waals surface area contributed by atoms with E-state index in [4.69, 9.17) is 9.15 Å². The van der Waals surface area contributed by atoms with Crippen LogP contribution in [0, 0.1) is 6.92 Å². The fourth-order valence-corrected chi connectivity index (χ4v) is 2.99. The molecule has 0 bridgehead atoms. The van der Waals surface area contributed by atoms with E-state index in [9.17, 15) is 4.79 Å². The molecule has 140 valence electrons. The lowest BCUT2D eigenvalue weighted by Crippen LogP contribution is -2.27. The van der Waals surface area contributed by atoms with Crippen molar-refractivity contribution in [2.75, 3.05) is 12.3 Å². The minimum atomic E-state index is -0.0631. The molecule has 0 spiro atoms. The molecule has 0 unspecified atom stereocenters. The third kappa shape index (κ3) is 6.14. The zero-order valence-electron chi connectivity index (χ0n) is 15.1. The number of thioether (sulfide) groups is 1. The van der Waals surface area contributed by atoms with Gasteiger partial charge in [-0.25, -0.2) is 0 Å². The molecule has 0 radical (unpaired) electrons. The van der Waals surface area contributed by atoms with Gasteiger partial charge in [0, 0.05) is 6.54 Å². The van der Waals surface area contributed by atoms with Gasteiger partial charge in [0.1, 0.15) is 5.75 Å². The molecule has 0 aliphatic heterocycles. The maximum atomic E-state index is 11.9. The lowest BCUT2D eigenvalue weighted by Gasteiger charge is -2.05. The summed E-state index contributed by atoms with van der Waals surface area (Å²) in [4.78, 5) is 11.9. The number of nitrogens with one attached hydrogen (secondary N) is 1. The Morgan fingerprint density at radius 3 is 2.70 bits per heavy atom. The number of aromatic nitrogens is 2. The second-order valence-electron chi connectivity index (χ2n) is 5.89. The van der Waals surface area contributed by atoms with Gasteiger partial charge >= 0.3 is 0 Å². The molecular formula is C20H21N3O3S. The number of amides is 1. The summed E-state index contributed by atoms with van der Waals surface area (Å²) in [6, 6.07) is 17.8. The number of carbonyl (C=O) groups is 1. The number of ether oxygens (including phenoxy) is 1. The third-order valence-corrected chi connectivity index (χ3v) is 4.62. The van der Waals surface area contributed by atoms with Crippen molar-refractivity contribution in [3.8, 4) is 5.75 Å². The second-order valence-corrected chi connectivity index (χ2v) is 6.82. The number of nitrogens with zero attached hydrogens (tertiary/aromatic N) is 2. The van der Waals surface area contributed by atoms with Crippen LogP contribution in [0.1, 0.15) is 17.0 Å². The van der Waals surface area contributed by atoms with Crippen molar-refractivity contribution in [3.05, 3.63) is 71.6 Å². The molecule has 3 rings (SSSR count). The van der Waals surface area contributed by atoms with Crippen LogP contribution in [-0.4, -0.2) is 28.4 Å². The molecule has 3 aromatic rings. The molecule has 0 fully saturated rings. The minimum Gasteiger partial charge on any atom is -0.484 e. The van der Waals surface area contributed by atoms with E-state index in [1.54, 1.807) is 0 Å². The summed E-state index contributed by atoms with van der Waals surface area (Å²) in [7, 11) is 0. The first kappa shape index (κ1) is 19.0. The number of carbonyl (C=O) groups excluding carboxylic acids is 1. The van der Waals surface area contributed by atoms with Gasteiger partial charge in [-0.3, -0.25) is 4.79 Å². The monoisotopic (exact) mass is 383 g/mol. The van der Waals surface area contributed by atoms with Gasteiger partial charge in [0.05, 0.1) is 5.75 Å². The summed E-state index contributed by atoms with van der Waals surface area (Å²) in [5.74, 6) is 1.33. The highest BCUT2D eigenvalue weighted by atomic mass is 32.2. The maximum absolute atomic E-state index is 11.9. The van der Waals surface area contributed by atoms with Gasteiger partial charge in [-0.15, -0.1) is 10.2 Å². The molecule has 2 aromatic carbocycles. The standard InChI is InChI=1S/C20H21N3O3S/c1-15-7-5-6-10-17(15)25-13-19-22-23-20(26-19)27-14-18(24)21-12-11-16-8-3-2-4-9-16/h2-10H,11-14H2,1H3,(H,21,24). The molecular weight excluding hydrogens is 362 g/mol. The van der Waals surface area contributed by atoms with E-state index < -0.39 is 0 Å². The lowest BCUT2D eigenvalue weighted by atomic mass is 10.1. The Hall–Kier alpha value is -2.80. The predicted molar refractivity (Wildman–Crippen MR) is 104 cm³/mol. The Morgan fingerprint density at radius 1 is 1.11 bits per heavy atom. The van der Waals surface area contributed by atoms with Gasteiger partial charge in [-0.2, -0.15) is 0 Å². The molecule has 0 aliphatic rings. The van der Waals surface area contributed by atoms with Crippen LogP contribution in [0.4, 0.5) is 0 Å². The highest BCUT2D eigenvalue weighted by Gasteiger charge is 2.10. The first-order valence-corrected chi connectivity index (χ1v) is 9.63. The average Bonchev–Trinajstić information content (AvgIpc) is 3.14. The minimum absolute atomic E-state index is 0.0631. The molecule has 1 N–H and O–H groups in total. The number of hydrogen-bond acceptors (Lipinski definition) is 6. The lowest BCUT2D eigenvalue weighted by molar-refractivity contribution is -0.118. The summed E-state index contributed by atoms with van der Waals surface area (Å²) in [5.41, 5.74) is 2.24. The molecule has 7 heteroatoms. The van der Waals surface area contributed by atoms with Crippen LogP contribution in [0.15, 0.2) is 64.2 Å². The summed E-state index contributed by atoms with van der Waals surface area (Å²) in [6.07, 6.45) is 0.804. The Bertz CT molecular complexity index is 868. The van der Waals surface area contributed by atoms with E-state index in [-0.39, 0.29) is 18.3 Å². The largest absolute Gasteiger partial charge is 0.484 e. The Kier molecular flexibility index (Phi) is 6.87. The zero-order valence-corrected chi connectivity index (χ0v) is 15.9. The van der Waals surface area contributed by atoms with Crippen molar-refractivity contribution in [1.82, 2.24) is 15.5 Å². The van der Waals surface area contributed by atoms with Crippen LogP contribution < -0.4 is 10.1 Å². The van der Waals surface area contributed by atoms with Gasteiger partial charge in [-0.05, 0) is 30.5 Å². The van der Waals surface area contributed by atoms with Gasteiger partial charge < -0.3 is 14.5 Å². The van der Waals surface area contributed by atoms with E-state index in [1.165, 1.54) is 17.3 Å². The van der Waals surface area contributed by atoms with E-state index in [0.29, 0.717) is 17.7 Å². The first-order valence-electron chi connectivity index (χ1n) is 8.65. The third-order valence-electron chi connectivity index (χ3n) is 3.80. The van der Waals surface area contributed by atoms with Crippen molar-refractivity contribution < 1.29 is 13.9 Å². The van der Waals surface area contributed by atoms with Crippen molar-refractivity contribution in [3.63, 3.8) is 0 Å². The highest BCUT2D eigenvalue weighted by Crippen LogP contribution is 2.19. The van der Waals surface area contributed by atoms with Crippen LogP contribution in [0.5, 0.6) is 5.75 Å². The van der Waals surface area contributed by atoms with E-state index in [1.807, 2.05) is 61.5 Å². The summed E-state index contributed by atoms with van der Waals surface area (Å²) < 4.78 is 11.2. The molecule has 1 heterocycles. The topological polar surface area (TPSA) is 77.2 Å². The molecule has 0 aliphatic carbocycles. The number of rotatable bonds is 9. The number of aryl methyl sites for hydroxylation is 1. The van der Waals surface area contributed by atoms with Gasteiger partial charge in [0.15, 0.2) is 6.61 Å². The van der Waals surface area contributed by atoms with Crippen LogP contribution in [0.2, 0.25) is 0 Å². The van der Waals surface area contributed by atoms with Crippen LogP contribution in [0.3, 0.4) is 0 Å². The Balaban J connectivity index is 1.37. The Morgan fingerprint density at radius 2 is 1.89 bits per heavy atom. The van der Waals surface area contributed by atoms with E-state index in [2.05, 4.69) is 15.5 Å². The molecule has 1 amide bonds. The second kappa shape index (κ2) is 9.78. The predicted octanol–water partition coefficient (Wildman–Crippen LogP) is 3.41. The molecule has 0 saturated carbocycles. The van der Waals surface area contributed by atoms with Gasteiger partial charge in [0.25, 0.3) is 11.1 Å². The fourth-order valence-electron chi connectivity index (χ4n) is 2.38. The van der Waals surface area contributed by atoms with Gasteiger partial charge in [0.2, 0.25) is 5.91 Å². The van der Waals surface area contributed by atoms with Crippen molar-refractivity contribution in [2.45, 2.75) is 25.2 Å². The molecule has 6 nitrogen and oxygen atoms in total. The quantitative estimate of drug-likeness (QED) is 0.571. The van der Waals surface area contributed by atoms with Crippen molar-refractivity contribution in [2.24, 2.45) is 0 Å². The molecule has 1 aromatic heterocycles. The van der Waals surface area contributed by atoms with Gasteiger partial charge in [-0.1, -0.05) is 60.3 Å². The van der Waals surface area contributed by atoms with Crippen LogP contribution in [0.25, 0.3) is 0 Å². The normalized spacial score (nSPS) is 10.6. The Labute approximate surface area is 162 Å². The summed E-state index contributed by atoms with van der Waals surface area (Å²) >= 11 is 1.21. The number of benzene rings is 2. The van der Waals surface area contributed by atoms with Crippen LogP contribution >= 0.6 is 11.8 Å². The smallest absolute Gasteiger partial charge is 0.277 e. The average molecular weight is 383 g/mol. The molecule has 0 atom stereocenters. The molecule has 0 saturated heterocycles.